The fourth-order valence-electron chi connectivity index (χ4n) is 1.05. The molecule has 0 radical (unpaired) electrons. The minimum absolute atomic E-state index is 0.0893. The summed E-state index contributed by atoms with van der Waals surface area (Å²) in [6, 6.07) is 0. The first-order chi connectivity index (χ1) is 5.96. The second-order valence-electron chi connectivity index (χ2n) is 3.29. The number of hydrogen-bond donors (Lipinski definition) is 0. The van der Waals surface area contributed by atoms with Crippen molar-refractivity contribution in [2.75, 3.05) is 5.75 Å². The number of rotatable bonds is 6. The second-order valence-corrected chi connectivity index (χ2v) is 5.06. The van der Waals surface area contributed by atoms with Crippen LogP contribution in [0.3, 0.4) is 0 Å². The highest BCUT2D eigenvalue weighted by Gasteiger charge is 2.27. The van der Waals surface area contributed by atoms with E-state index in [0.717, 1.165) is 11.3 Å². The molecule has 0 spiro atoms. The summed E-state index contributed by atoms with van der Waals surface area (Å²) in [7, 11) is 0. The molecule has 0 aliphatic carbocycles. The van der Waals surface area contributed by atoms with Gasteiger partial charge in [0.25, 0.3) is 0 Å². The Labute approximate surface area is 85.3 Å². The molecule has 0 bridgehead atoms. The largest absolute Gasteiger partial charge is 0.295 e. The van der Waals surface area contributed by atoms with E-state index in [1.54, 1.807) is 11.8 Å². The van der Waals surface area contributed by atoms with Gasteiger partial charge in [0.05, 0.1) is 0 Å². The van der Waals surface area contributed by atoms with Crippen molar-refractivity contribution < 1.29 is 4.79 Å². The number of carbonyl (C=O) groups excluding carboxylic acids is 1. The van der Waals surface area contributed by atoms with Gasteiger partial charge in [-0.2, -0.15) is 11.8 Å². The van der Waals surface area contributed by atoms with Crippen LogP contribution in [0.1, 0.15) is 27.2 Å². The number of thioether (sulfide) groups is 1. The number of carbonyl (C=O) groups is 1. The molecule has 0 fully saturated rings. The molecule has 0 amide bonds. The smallest absolute Gasteiger partial charge is 0.156 e. The molecule has 0 saturated carbocycles. The predicted octanol–water partition coefficient (Wildman–Crippen LogP) is 3.22. The number of hydrogen-bond acceptors (Lipinski definition) is 2. The molecule has 2 heteroatoms. The SMILES string of the molecule is C=CC(=O)CC(C)(SCC)C(=C)C. The third kappa shape index (κ3) is 3.81. The van der Waals surface area contributed by atoms with E-state index in [1.807, 2.05) is 6.92 Å². The van der Waals surface area contributed by atoms with Gasteiger partial charge in [-0.15, -0.1) is 0 Å². The maximum absolute atomic E-state index is 11.2. The van der Waals surface area contributed by atoms with Crippen LogP contribution < -0.4 is 0 Å². The zero-order valence-corrected chi connectivity index (χ0v) is 9.54. The zero-order chi connectivity index (χ0) is 10.5. The summed E-state index contributed by atoms with van der Waals surface area (Å²) in [5.41, 5.74) is 1.05. The molecule has 13 heavy (non-hydrogen) atoms. The van der Waals surface area contributed by atoms with Crippen LogP contribution in [0, 0.1) is 0 Å². The van der Waals surface area contributed by atoms with Crippen molar-refractivity contribution in [3.8, 4) is 0 Å². The Balaban J connectivity index is 4.49. The summed E-state index contributed by atoms with van der Waals surface area (Å²) in [6.07, 6.45) is 1.89. The Kier molecular flexibility index (Phi) is 5.07. The molecule has 0 aromatic rings. The van der Waals surface area contributed by atoms with Crippen molar-refractivity contribution in [3.05, 3.63) is 24.8 Å². The van der Waals surface area contributed by atoms with Gasteiger partial charge in [0.1, 0.15) is 0 Å². The van der Waals surface area contributed by atoms with E-state index in [0.29, 0.717) is 6.42 Å². The molecular formula is C11H18OS. The Bertz CT molecular complexity index is 220. The van der Waals surface area contributed by atoms with E-state index in [2.05, 4.69) is 27.0 Å². The Morgan fingerprint density at radius 1 is 1.62 bits per heavy atom. The molecule has 0 heterocycles. The van der Waals surface area contributed by atoms with Gasteiger partial charge in [-0.05, 0) is 25.7 Å². The normalized spacial score (nSPS) is 14.7. The van der Waals surface area contributed by atoms with Crippen molar-refractivity contribution in [2.24, 2.45) is 0 Å². The first-order valence-electron chi connectivity index (χ1n) is 4.41. The fourth-order valence-corrected chi connectivity index (χ4v) is 2.18. The van der Waals surface area contributed by atoms with Crippen LogP contribution >= 0.6 is 11.8 Å². The number of allylic oxidation sites excluding steroid dienone is 1. The Morgan fingerprint density at radius 2 is 2.15 bits per heavy atom. The third-order valence-electron chi connectivity index (χ3n) is 2.10. The van der Waals surface area contributed by atoms with Gasteiger partial charge in [-0.1, -0.05) is 25.7 Å². The van der Waals surface area contributed by atoms with Gasteiger partial charge in [-0.3, -0.25) is 4.79 Å². The van der Waals surface area contributed by atoms with Crippen molar-refractivity contribution in [1.29, 1.82) is 0 Å². The van der Waals surface area contributed by atoms with Crippen LogP contribution in [0.5, 0.6) is 0 Å². The lowest BCUT2D eigenvalue weighted by atomic mass is 9.97. The molecule has 0 aliphatic heterocycles. The summed E-state index contributed by atoms with van der Waals surface area (Å²) >= 11 is 1.76. The van der Waals surface area contributed by atoms with Crippen LogP contribution in [-0.2, 0) is 4.79 Å². The van der Waals surface area contributed by atoms with Gasteiger partial charge in [0, 0.05) is 11.2 Å². The highest BCUT2D eigenvalue weighted by Crippen LogP contribution is 2.35. The average Bonchev–Trinajstić information content (AvgIpc) is 2.04. The predicted molar refractivity (Wildman–Crippen MR) is 61.2 cm³/mol. The van der Waals surface area contributed by atoms with Crippen LogP contribution in [0.25, 0.3) is 0 Å². The van der Waals surface area contributed by atoms with Crippen LogP contribution in [-0.4, -0.2) is 16.3 Å². The van der Waals surface area contributed by atoms with E-state index in [4.69, 9.17) is 0 Å². The minimum atomic E-state index is -0.125. The van der Waals surface area contributed by atoms with Gasteiger partial charge < -0.3 is 0 Å². The molecule has 0 aliphatic rings. The lowest BCUT2D eigenvalue weighted by molar-refractivity contribution is -0.114. The van der Waals surface area contributed by atoms with Gasteiger partial charge >= 0.3 is 0 Å². The maximum atomic E-state index is 11.2. The van der Waals surface area contributed by atoms with E-state index in [9.17, 15) is 4.79 Å². The lowest BCUT2D eigenvalue weighted by Gasteiger charge is -2.28. The average molecular weight is 198 g/mol. The Hall–Kier alpha value is -0.500. The first kappa shape index (κ1) is 12.5. The van der Waals surface area contributed by atoms with Crippen molar-refractivity contribution in [1.82, 2.24) is 0 Å². The molecule has 0 saturated heterocycles. The second kappa shape index (κ2) is 5.28. The Morgan fingerprint density at radius 3 is 2.46 bits per heavy atom. The third-order valence-corrected chi connectivity index (χ3v) is 3.52. The summed E-state index contributed by atoms with van der Waals surface area (Å²) in [4.78, 5) is 11.2. The van der Waals surface area contributed by atoms with Crippen LogP contribution in [0.4, 0.5) is 0 Å². The lowest BCUT2D eigenvalue weighted by Crippen LogP contribution is -2.25. The molecule has 74 valence electrons. The summed E-state index contributed by atoms with van der Waals surface area (Å²) < 4.78 is -0.125. The molecular weight excluding hydrogens is 180 g/mol. The molecule has 0 aromatic carbocycles. The zero-order valence-electron chi connectivity index (χ0n) is 8.72. The molecule has 0 rings (SSSR count). The molecule has 0 aromatic heterocycles. The van der Waals surface area contributed by atoms with Crippen LogP contribution in [0.2, 0.25) is 0 Å². The van der Waals surface area contributed by atoms with E-state index >= 15 is 0 Å². The first-order valence-corrected chi connectivity index (χ1v) is 5.40. The molecule has 1 nitrogen and oxygen atoms in total. The van der Waals surface area contributed by atoms with Crippen LogP contribution in [0.15, 0.2) is 24.8 Å². The minimum Gasteiger partial charge on any atom is -0.295 e. The highest BCUT2D eigenvalue weighted by molar-refractivity contribution is 8.00. The van der Waals surface area contributed by atoms with Gasteiger partial charge in [0.15, 0.2) is 5.78 Å². The standard InChI is InChI=1S/C11H18OS/c1-6-10(12)8-11(5,9(3)4)13-7-2/h6H,1,3,7-8H2,2,4-5H3. The summed E-state index contributed by atoms with van der Waals surface area (Å²) in [6.45, 7) is 13.5. The van der Waals surface area contributed by atoms with Crippen molar-refractivity contribution >= 4 is 17.5 Å². The molecule has 1 unspecified atom stereocenters. The maximum Gasteiger partial charge on any atom is 0.156 e. The summed E-state index contributed by atoms with van der Waals surface area (Å²) in [5, 5.41) is 0. The van der Waals surface area contributed by atoms with Crippen molar-refractivity contribution in [3.63, 3.8) is 0 Å². The van der Waals surface area contributed by atoms with Gasteiger partial charge in [0.2, 0.25) is 0 Å². The summed E-state index contributed by atoms with van der Waals surface area (Å²) in [5.74, 6) is 1.08. The quantitative estimate of drug-likeness (QED) is 0.481. The topological polar surface area (TPSA) is 17.1 Å². The van der Waals surface area contributed by atoms with E-state index in [-0.39, 0.29) is 10.5 Å². The van der Waals surface area contributed by atoms with Gasteiger partial charge in [-0.25, -0.2) is 0 Å². The molecule has 0 N–H and O–H groups in total. The van der Waals surface area contributed by atoms with Crippen molar-refractivity contribution in [2.45, 2.75) is 31.9 Å². The molecule has 1 atom stereocenters. The highest BCUT2D eigenvalue weighted by atomic mass is 32.2. The monoisotopic (exact) mass is 198 g/mol. The van der Waals surface area contributed by atoms with E-state index < -0.39 is 0 Å². The van der Waals surface area contributed by atoms with E-state index in [1.165, 1.54) is 6.08 Å². The number of ketones is 1. The fraction of sp³-hybridized carbons (Fsp3) is 0.545.